The van der Waals surface area contributed by atoms with E-state index in [0.717, 1.165) is 21.9 Å². The molecule has 2 aromatic rings. The van der Waals surface area contributed by atoms with Crippen LogP contribution >= 0.6 is 23.2 Å². The first-order chi connectivity index (χ1) is 20.4. The highest BCUT2D eigenvalue weighted by Gasteiger charge is 2.77. The number of imide groups is 2. The Bertz CT molecular complexity index is 1630. The van der Waals surface area contributed by atoms with E-state index in [0.29, 0.717) is 5.57 Å². The van der Waals surface area contributed by atoms with Crippen molar-refractivity contribution in [3.05, 3.63) is 65.5 Å². The number of hydrogen-bond acceptors (Lipinski definition) is 7. The fraction of sp³-hybridized carbons (Fsp3) is 0.367. The summed E-state index contributed by atoms with van der Waals surface area (Å²) in [6.07, 6.45) is 1.03. The zero-order valence-corrected chi connectivity index (χ0v) is 24.1. The summed E-state index contributed by atoms with van der Waals surface area (Å²) in [5.74, 6) is -8.94. The number of likely N-dealkylation sites (tertiary alicyclic amines) is 1. The molecular formula is C30H25Cl2FN2O8. The minimum absolute atomic E-state index is 0.0289. The molecule has 2 saturated heterocycles. The van der Waals surface area contributed by atoms with Gasteiger partial charge in [0, 0.05) is 18.0 Å². The lowest BCUT2D eigenvalue weighted by Gasteiger charge is -2.50. The maximum Gasteiger partial charge on any atom is 0.305 e. The summed E-state index contributed by atoms with van der Waals surface area (Å²) >= 11 is 14.5. The summed E-state index contributed by atoms with van der Waals surface area (Å²) in [6, 6.07) is 9.20. The molecule has 2 aliphatic heterocycles. The average Bonchev–Trinajstić information content (AvgIpc) is 3.30. The van der Waals surface area contributed by atoms with Crippen LogP contribution < -0.4 is 9.64 Å². The van der Waals surface area contributed by atoms with Gasteiger partial charge in [0.15, 0.2) is 21.2 Å². The molecule has 13 heteroatoms. The predicted octanol–water partition coefficient (Wildman–Crippen LogP) is 3.58. The van der Waals surface area contributed by atoms with Crippen LogP contribution in [-0.2, 0) is 24.0 Å². The van der Waals surface area contributed by atoms with Crippen molar-refractivity contribution in [3.63, 3.8) is 0 Å². The van der Waals surface area contributed by atoms with Crippen LogP contribution in [0.15, 0.2) is 54.1 Å². The largest absolute Gasteiger partial charge is 0.504 e. The van der Waals surface area contributed by atoms with Gasteiger partial charge in [-0.05, 0) is 49.1 Å². The van der Waals surface area contributed by atoms with Gasteiger partial charge in [-0.15, -0.1) is 23.2 Å². The van der Waals surface area contributed by atoms with E-state index in [1.54, 1.807) is 12.1 Å². The second-order valence-electron chi connectivity index (χ2n) is 11.1. The van der Waals surface area contributed by atoms with E-state index in [2.05, 4.69) is 0 Å². The second kappa shape index (κ2) is 10.1. The Balaban J connectivity index is 1.54. The molecule has 2 aromatic carbocycles. The number of phenolic OH excluding ortho intramolecular Hbond substituents is 1. The minimum Gasteiger partial charge on any atom is -0.504 e. The molecule has 0 radical (unpaired) electrons. The molecular weight excluding hydrogens is 606 g/mol. The van der Waals surface area contributed by atoms with Crippen molar-refractivity contribution in [2.75, 3.05) is 18.6 Å². The number of carboxylic acids is 1. The van der Waals surface area contributed by atoms with E-state index in [9.17, 15) is 33.5 Å². The SMILES string of the molecule is COc1cccc(C2C3=CCC4C(=O)N(CCC(=O)O)C(=O)C4C3CC3(Cl)C(=O)N(c4ccc(F)cc4)C(=O)C23Cl)c1O. The number of anilines is 1. The van der Waals surface area contributed by atoms with Crippen LogP contribution in [0, 0.1) is 23.6 Å². The van der Waals surface area contributed by atoms with Crippen LogP contribution in [0.1, 0.15) is 30.7 Å². The highest BCUT2D eigenvalue weighted by Crippen LogP contribution is 2.66. The van der Waals surface area contributed by atoms with Crippen molar-refractivity contribution in [2.24, 2.45) is 17.8 Å². The van der Waals surface area contributed by atoms with E-state index in [4.69, 9.17) is 33.0 Å². The first-order valence-corrected chi connectivity index (χ1v) is 14.3. The van der Waals surface area contributed by atoms with Gasteiger partial charge in [-0.3, -0.25) is 28.9 Å². The van der Waals surface area contributed by atoms with Crippen molar-refractivity contribution >= 4 is 58.5 Å². The van der Waals surface area contributed by atoms with Crippen molar-refractivity contribution in [1.82, 2.24) is 4.90 Å². The maximum absolute atomic E-state index is 14.3. The monoisotopic (exact) mass is 630 g/mol. The van der Waals surface area contributed by atoms with E-state index in [1.807, 2.05) is 0 Å². The van der Waals surface area contributed by atoms with Gasteiger partial charge in [0.05, 0.1) is 31.1 Å². The lowest BCUT2D eigenvalue weighted by atomic mass is 9.56. The van der Waals surface area contributed by atoms with Gasteiger partial charge >= 0.3 is 5.97 Å². The number of para-hydroxylation sites is 1. The molecule has 6 rings (SSSR count). The molecule has 10 nitrogen and oxygen atoms in total. The predicted molar refractivity (Wildman–Crippen MR) is 150 cm³/mol. The minimum atomic E-state index is -2.21. The zero-order valence-electron chi connectivity index (χ0n) is 22.6. The summed E-state index contributed by atoms with van der Waals surface area (Å²) in [5, 5.41) is 20.4. The molecule has 224 valence electrons. The number of nitrogens with zero attached hydrogens (tertiary/aromatic N) is 2. The van der Waals surface area contributed by atoms with Crippen LogP contribution in [0.2, 0.25) is 0 Å². The normalized spacial score (nSPS) is 31.5. The highest BCUT2D eigenvalue weighted by atomic mass is 35.5. The second-order valence-corrected chi connectivity index (χ2v) is 12.4. The third kappa shape index (κ3) is 3.94. The third-order valence-electron chi connectivity index (χ3n) is 9.10. The fourth-order valence-electron chi connectivity index (χ4n) is 7.17. The number of carbonyl (C=O) groups is 5. The van der Waals surface area contributed by atoms with E-state index in [1.165, 1.54) is 31.4 Å². The maximum atomic E-state index is 14.3. The van der Waals surface area contributed by atoms with Crippen molar-refractivity contribution in [1.29, 1.82) is 0 Å². The number of benzene rings is 2. The zero-order chi connectivity index (χ0) is 31.0. The quantitative estimate of drug-likeness (QED) is 0.280. The van der Waals surface area contributed by atoms with Crippen LogP contribution in [0.5, 0.6) is 11.5 Å². The number of hydrogen-bond donors (Lipinski definition) is 2. The third-order valence-corrected chi connectivity index (χ3v) is 10.5. The summed E-state index contributed by atoms with van der Waals surface area (Å²) in [5.41, 5.74) is 0.594. The van der Waals surface area contributed by atoms with E-state index < -0.39 is 75.3 Å². The fourth-order valence-corrected chi connectivity index (χ4v) is 8.10. The molecule has 2 N–H and O–H groups in total. The van der Waals surface area contributed by atoms with Crippen LogP contribution in [0.3, 0.4) is 0 Å². The van der Waals surface area contributed by atoms with Crippen LogP contribution in [0.25, 0.3) is 0 Å². The molecule has 6 atom stereocenters. The Morgan fingerprint density at radius 2 is 1.74 bits per heavy atom. The molecule has 0 bridgehead atoms. The highest BCUT2D eigenvalue weighted by molar-refractivity contribution is 6.58. The van der Waals surface area contributed by atoms with E-state index in [-0.39, 0.29) is 42.1 Å². The van der Waals surface area contributed by atoms with E-state index >= 15 is 0 Å². The molecule has 1 saturated carbocycles. The number of allylic oxidation sites excluding steroid dienone is 2. The summed E-state index contributed by atoms with van der Waals surface area (Å²) in [6.45, 7) is -0.316. The molecule has 4 aliphatic rings. The first-order valence-electron chi connectivity index (χ1n) is 13.5. The molecule has 2 heterocycles. The molecule has 4 amide bonds. The summed E-state index contributed by atoms with van der Waals surface area (Å²) in [7, 11) is 1.34. The van der Waals surface area contributed by atoms with Crippen molar-refractivity contribution in [3.8, 4) is 11.5 Å². The van der Waals surface area contributed by atoms with Crippen molar-refractivity contribution in [2.45, 2.75) is 34.9 Å². The van der Waals surface area contributed by atoms with Gasteiger partial charge in [-0.25, -0.2) is 9.29 Å². The number of rotatable bonds is 6. The molecule has 43 heavy (non-hydrogen) atoms. The number of phenols is 1. The lowest BCUT2D eigenvalue weighted by Crippen LogP contribution is -2.60. The number of methoxy groups -OCH3 is 1. The first kappa shape index (κ1) is 29.1. The Morgan fingerprint density at radius 1 is 1.05 bits per heavy atom. The Morgan fingerprint density at radius 3 is 2.40 bits per heavy atom. The summed E-state index contributed by atoms with van der Waals surface area (Å²) < 4.78 is 19.1. The number of alkyl halides is 2. The van der Waals surface area contributed by atoms with Gasteiger partial charge in [0.2, 0.25) is 11.8 Å². The van der Waals surface area contributed by atoms with Crippen LogP contribution in [-0.4, -0.2) is 68.1 Å². The molecule has 2 aliphatic carbocycles. The van der Waals surface area contributed by atoms with Crippen LogP contribution in [0.4, 0.5) is 10.1 Å². The molecule has 3 fully saturated rings. The number of carbonyl (C=O) groups excluding carboxylic acids is 4. The van der Waals surface area contributed by atoms with Gasteiger partial charge < -0.3 is 14.9 Å². The smallest absolute Gasteiger partial charge is 0.305 e. The van der Waals surface area contributed by atoms with Gasteiger partial charge in [-0.2, -0.15) is 0 Å². The molecule has 0 spiro atoms. The van der Waals surface area contributed by atoms with Gasteiger partial charge in [-0.1, -0.05) is 23.8 Å². The lowest BCUT2D eigenvalue weighted by molar-refractivity contribution is -0.142. The number of ether oxygens (including phenoxy) is 1. The topological polar surface area (TPSA) is 142 Å². The standard InChI is InChI=1S/C30H25Cl2FN2O8/c1-43-20-4-2-3-18(24(20)38)23-16-9-10-17-22(26(40)34(25(17)39)12-11-21(36)37)19(16)13-29(31)27(41)35(28(42)30(23,29)32)15-7-5-14(33)6-8-15/h2-9,17,19,22-23,38H,10-13H2,1H3,(H,36,37). The van der Waals surface area contributed by atoms with Gasteiger partial charge in [0.1, 0.15) is 5.82 Å². The molecule has 0 aromatic heterocycles. The number of amides is 4. The Hall–Kier alpha value is -3.96. The Kier molecular flexibility index (Phi) is 6.81. The average molecular weight is 631 g/mol. The number of halogens is 3. The molecule has 6 unspecified atom stereocenters. The Labute approximate surface area is 254 Å². The van der Waals surface area contributed by atoms with Crippen molar-refractivity contribution < 1.29 is 43.3 Å². The number of aromatic hydroxyl groups is 1. The number of aliphatic carboxylic acids is 1. The number of carboxylic acid groups (broad SMARTS) is 1. The number of fused-ring (bicyclic) bond motifs is 4. The summed E-state index contributed by atoms with van der Waals surface area (Å²) in [4.78, 5) is 64.0. The van der Waals surface area contributed by atoms with Gasteiger partial charge in [0.25, 0.3) is 11.8 Å².